The van der Waals surface area contributed by atoms with E-state index in [1.807, 2.05) is 36.1 Å². The van der Waals surface area contributed by atoms with E-state index in [-0.39, 0.29) is 11.8 Å². The Morgan fingerprint density at radius 2 is 1.84 bits per heavy atom. The number of rotatable bonds is 5. The summed E-state index contributed by atoms with van der Waals surface area (Å²) in [7, 11) is 0. The molecule has 2 N–H and O–H groups in total. The number of carbonyl (C=O) groups is 2. The van der Waals surface area contributed by atoms with Crippen LogP contribution in [0.2, 0.25) is 0 Å². The molecular formula is C18H26N4O2S. The molecule has 1 fully saturated rings. The summed E-state index contributed by atoms with van der Waals surface area (Å²) in [5, 5.41) is 6.17. The molecule has 0 bridgehead atoms. The number of benzene rings is 1. The number of hydrogen-bond acceptors (Lipinski definition) is 4. The Morgan fingerprint density at radius 3 is 2.48 bits per heavy atom. The average Bonchev–Trinajstić information content (AvgIpc) is 2.60. The molecule has 25 heavy (non-hydrogen) atoms. The number of thiocarbonyl (C=S) groups is 1. The van der Waals surface area contributed by atoms with Crippen molar-refractivity contribution in [1.82, 2.24) is 10.2 Å². The summed E-state index contributed by atoms with van der Waals surface area (Å²) < 4.78 is 0. The van der Waals surface area contributed by atoms with E-state index in [9.17, 15) is 9.59 Å². The molecule has 1 heterocycles. The van der Waals surface area contributed by atoms with Gasteiger partial charge in [-0.05, 0) is 30.8 Å². The molecule has 0 saturated carbocycles. The third kappa shape index (κ3) is 5.70. The fraction of sp³-hybridized carbons (Fsp3) is 0.500. The maximum Gasteiger partial charge on any atom is 0.226 e. The van der Waals surface area contributed by atoms with Gasteiger partial charge in [-0.25, -0.2) is 0 Å². The highest BCUT2D eigenvalue weighted by molar-refractivity contribution is 7.80. The van der Waals surface area contributed by atoms with Crippen molar-refractivity contribution < 1.29 is 9.59 Å². The van der Waals surface area contributed by atoms with Crippen molar-refractivity contribution >= 4 is 40.5 Å². The SMILES string of the molecule is CCCCC(=O)NC(=S)Nc1ccccc1N1CCN(C(C)=O)CC1. The first-order valence-electron chi connectivity index (χ1n) is 8.71. The van der Waals surface area contributed by atoms with E-state index in [0.717, 1.165) is 37.3 Å². The number of amides is 2. The molecule has 1 aliphatic rings. The molecule has 2 rings (SSSR count). The van der Waals surface area contributed by atoms with Crippen LogP contribution >= 0.6 is 12.2 Å². The minimum Gasteiger partial charge on any atom is -0.366 e. The third-order valence-corrected chi connectivity index (χ3v) is 4.43. The van der Waals surface area contributed by atoms with Gasteiger partial charge in [0.2, 0.25) is 11.8 Å². The second-order valence-electron chi connectivity index (χ2n) is 6.12. The van der Waals surface area contributed by atoms with Gasteiger partial charge in [0.05, 0.1) is 11.4 Å². The van der Waals surface area contributed by atoms with Crippen LogP contribution in [0.4, 0.5) is 11.4 Å². The molecule has 1 aliphatic heterocycles. The molecule has 2 amide bonds. The standard InChI is InChI=1S/C18H26N4O2S/c1-3-4-9-17(24)20-18(25)19-15-7-5-6-8-16(15)22-12-10-21(11-13-22)14(2)23/h5-8H,3-4,9-13H2,1-2H3,(H2,19,20,24,25). The van der Waals surface area contributed by atoms with Crippen molar-refractivity contribution in [2.75, 3.05) is 36.4 Å². The zero-order valence-corrected chi connectivity index (χ0v) is 15.7. The molecule has 136 valence electrons. The quantitative estimate of drug-likeness (QED) is 0.787. The Bertz CT molecular complexity index is 627. The van der Waals surface area contributed by atoms with E-state index < -0.39 is 0 Å². The Morgan fingerprint density at radius 1 is 1.16 bits per heavy atom. The summed E-state index contributed by atoms with van der Waals surface area (Å²) in [5.74, 6) is 0.0499. The van der Waals surface area contributed by atoms with Crippen LogP contribution < -0.4 is 15.5 Å². The summed E-state index contributed by atoms with van der Waals surface area (Å²) in [6, 6.07) is 7.87. The largest absolute Gasteiger partial charge is 0.366 e. The van der Waals surface area contributed by atoms with Crippen molar-refractivity contribution in [2.45, 2.75) is 33.1 Å². The molecular weight excluding hydrogens is 336 g/mol. The smallest absolute Gasteiger partial charge is 0.226 e. The second kappa shape index (κ2) is 9.36. The number of nitrogens with one attached hydrogen (secondary N) is 2. The van der Waals surface area contributed by atoms with Crippen molar-refractivity contribution in [3.8, 4) is 0 Å². The minimum atomic E-state index is -0.0631. The van der Waals surface area contributed by atoms with Gasteiger partial charge in [0.25, 0.3) is 0 Å². The highest BCUT2D eigenvalue weighted by atomic mass is 32.1. The summed E-state index contributed by atoms with van der Waals surface area (Å²) >= 11 is 5.26. The number of nitrogens with zero attached hydrogens (tertiary/aromatic N) is 2. The van der Waals surface area contributed by atoms with Gasteiger partial charge in [-0.3, -0.25) is 9.59 Å². The first-order chi connectivity index (χ1) is 12.0. The number of piperazine rings is 1. The van der Waals surface area contributed by atoms with Crippen LogP contribution in [0, 0.1) is 0 Å². The van der Waals surface area contributed by atoms with Gasteiger partial charge in [-0.2, -0.15) is 0 Å². The molecule has 1 aromatic carbocycles. The van der Waals surface area contributed by atoms with Crippen LogP contribution in [0.5, 0.6) is 0 Å². The zero-order valence-electron chi connectivity index (χ0n) is 14.9. The van der Waals surface area contributed by atoms with Gasteiger partial charge in [-0.1, -0.05) is 25.5 Å². The van der Waals surface area contributed by atoms with E-state index in [4.69, 9.17) is 12.2 Å². The van der Waals surface area contributed by atoms with Crippen molar-refractivity contribution in [3.63, 3.8) is 0 Å². The fourth-order valence-corrected chi connectivity index (χ4v) is 3.02. The number of para-hydroxylation sites is 2. The van der Waals surface area contributed by atoms with Gasteiger partial charge in [0.15, 0.2) is 5.11 Å². The van der Waals surface area contributed by atoms with Crippen LogP contribution in [0.3, 0.4) is 0 Å². The number of hydrogen-bond donors (Lipinski definition) is 2. The van der Waals surface area contributed by atoms with Crippen molar-refractivity contribution in [1.29, 1.82) is 0 Å². The van der Waals surface area contributed by atoms with E-state index in [1.165, 1.54) is 0 Å². The molecule has 0 spiro atoms. The van der Waals surface area contributed by atoms with Crippen molar-refractivity contribution in [2.24, 2.45) is 0 Å². The highest BCUT2D eigenvalue weighted by Crippen LogP contribution is 2.26. The summed E-state index contributed by atoms with van der Waals surface area (Å²) in [6.07, 6.45) is 2.31. The van der Waals surface area contributed by atoms with E-state index >= 15 is 0 Å². The lowest BCUT2D eigenvalue weighted by atomic mass is 10.2. The maximum atomic E-state index is 11.8. The fourth-order valence-electron chi connectivity index (χ4n) is 2.80. The predicted octanol–water partition coefficient (Wildman–Crippen LogP) is 2.36. The number of anilines is 2. The molecule has 0 atom stereocenters. The van der Waals surface area contributed by atoms with Gasteiger partial charge < -0.3 is 20.4 Å². The van der Waals surface area contributed by atoms with Crippen LogP contribution in [0.1, 0.15) is 33.1 Å². The second-order valence-corrected chi connectivity index (χ2v) is 6.52. The van der Waals surface area contributed by atoms with Crippen molar-refractivity contribution in [3.05, 3.63) is 24.3 Å². The Kier molecular flexibility index (Phi) is 7.18. The van der Waals surface area contributed by atoms with Crippen LogP contribution in [0.15, 0.2) is 24.3 Å². The van der Waals surface area contributed by atoms with E-state index in [1.54, 1.807) is 6.92 Å². The van der Waals surface area contributed by atoms with Gasteiger partial charge >= 0.3 is 0 Å². The van der Waals surface area contributed by atoms with Crippen LogP contribution in [-0.4, -0.2) is 48.0 Å². The topological polar surface area (TPSA) is 64.7 Å². The van der Waals surface area contributed by atoms with Crippen LogP contribution in [-0.2, 0) is 9.59 Å². The number of unbranched alkanes of at least 4 members (excludes halogenated alkanes) is 1. The molecule has 0 radical (unpaired) electrons. The summed E-state index contributed by atoms with van der Waals surface area (Å²) in [6.45, 7) is 6.61. The molecule has 0 aliphatic carbocycles. The Hall–Kier alpha value is -2.15. The van der Waals surface area contributed by atoms with Gasteiger partial charge in [0, 0.05) is 39.5 Å². The monoisotopic (exact) mass is 362 g/mol. The normalized spacial score (nSPS) is 14.2. The first kappa shape index (κ1) is 19.2. The molecule has 6 nitrogen and oxygen atoms in total. The lowest BCUT2D eigenvalue weighted by molar-refractivity contribution is -0.129. The van der Waals surface area contributed by atoms with Crippen LogP contribution in [0.25, 0.3) is 0 Å². The maximum absolute atomic E-state index is 11.8. The van der Waals surface area contributed by atoms with E-state index in [2.05, 4.69) is 15.5 Å². The lowest BCUT2D eigenvalue weighted by Gasteiger charge is -2.36. The minimum absolute atomic E-state index is 0.0631. The molecule has 0 aromatic heterocycles. The summed E-state index contributed by atoms with van der Waals surface area (Å²) in [5.41, 5.74) is 1.88. The Labute approximate surface area is 154 Å². The number of carbonyl (C=O) groups excluding carboxylic acids is 2. The zero-order chi connectivity index (χ0) is 18.2. The third-order valence-electron chi connectivity index (χ3n) is 4.23. The predicted molar refractivity (Wildman–Crippen MR) is 105 cm³/mol. The van der Waals surface area contributed by atoms with Gasteiger partial charge in [-0.15, -0.1) is 0 Å². The molecule has 1 aromatic rings. The van der Waals surface area contributed by atoms with Gasteiger partial charge in [0.1, 0.15) is 0 Å². The first-order valence-corrected chi connectivity index (χ1v) is 9.12. The molecule has 0 unspecified atom stereocenters. The average molecular weight is 362 g/mol. The lowest BCUT2D eigenvalue weighted by Crippen LogP contribution is -2.48. The van der Waals surface area contributed by atoms with E-state index in [0.29, 0.717) is 24.6 Å². The highest BCUT2D eigenvalue weighted by Gasteiger charge is 2.20. The summed E-state index contributed by atoms with van der Waals surface area (Å²) in [4.78, 5) is 27.4. The Balaban J connectivity index is 1.97. The molecule has 1 saturated heterocycles. The molecule has 7 heteroatoms.